The Morgan fingerprint density at radius 3 is 2.41 bits per heavy atom. The molecule has 3 heterocycles. The Balaban J connectivity index is 1.88. The summed E-state index contributed by atoms with van der Waals surface area (Å²) in [4.78, 5) is 9.30. The van der Waals surface area contributed by atoms with E-state index in [1.807, 2.05) is 0 Å². The zero-order valence-electron chi connectivity index (χ0n) is 17.1. The van der Waals surface area contributed by atoms with Crippen molar-refractivity contribution in [3.05, 3.63) is 11.9 Å². The molecule has 0 aromatic carbocycles. The molecule has 3 N–H and O–H groups in total. The zero-order valence-corrected chi connectivity index (χ0v) is 17.9. The summed E-state index contributed by atoms with van der Waals surface area (Å²) in [6, 6.07) is 0.234. The van der Waals surface area contributed by atoms with Crippen LogP contribution in [0.4, 0.5) is 5.95 Å². The summed E-state index contributed by atoms with van der Waals surface area (Å²) in [6.45, 7) is 10.5. The maximum Gasteiger partial charge on any atom is 0.223 e. The third-order valence-electron chi connectivity index (χ3n) is 5.39. The van der Waals surface area contributed by atoms with Gasteiger partial charge in [0.25, 0.3) is 0 Å². The summed E-state index contributed by atoms with van der Waals surface area (Å²) in [6.07, 6.45) is 6.58. The molecular weight excluding hydrogens is 362 g/mol. The van der Waals surface area contributed by atoms with E-state index < -0.39 is 9.84 Å². The Kier molecular flexibility index (Phi) is 5.53. The van der Waals surface area contributed by atoms with Crippen molar-refractivity contribution in [3.8, 4) is 0 Å². The molecule has 0 radical (unpaired) electrons. The SMILES string of the molecule is CC1(C)CC(Nc2ncc(S(C)(=O)=O)c(C3CCCNC3)n2)CC(C)(C)N1. The van der Waals surface area contributed by atoms with Gasteiger partial charge in [0.1, 0.15) is 4.90 Å². The van der Waals surface area contributed by atoms with Crippen molar-refractivity contribution < 1.29 is 8.42 Å². The maximum atomic E-state index is 12.2. The zero-order chi connectivity index (χ0) is 19.9. The molecule has 0 saturated carbocycles. The number of aromatic nitrogens is 2. The number of rotatable bonds is 4. The van der Waals surface area contributed by atoms with Gasteiger partial charge < -0.3 is 16.0 Å². The Hall–Kier alpha value is -1.25. The number of sulfone groups is 1. The molecule has 1 unspecified atom stereocenters. The molecule has 3 rings (SSSR count). The fourth-order valence-corrected chi connectivity index (χ4v) is 5.56. The molecule has 2 saturated heterocycles. The highest BCUT2D eigenvalue weighted by molar-refractivity contribution is 7.90. The lowest BCUT2D eigenvalue weighted by atomic mass is 9.80. The molecule has 7 nitrogen and oxygen atoms in total. The first-order valence-corrected chi connectivity index (χ1v) is 11.7. The molecule has 27 heavy (non-hydrogen) atoms. The second-order valence-corrected chi connectivity index (χ2v) is 11.4. The number of hydrogen-bond donors (Lipinski definition) is 3. The van der Waals surface area contributed by atoms with Crippen LogP contribution in [0, 0.1) is 0 Å². The monoisotopic (exact) mass is 395 g/mol. The highest BCUT2D eigenvalue weighted by Gasteiger charge is 2.38. The van der Waals surface area contributed by atoms with Crippen molar-refractivity contribution >= 4 is 15.8 Å². The van der Waals surface area contributed by atoms with E-state index in [2.05, 4.69) is 48.6 Å². The van der Waals surface area contributed by atoms with Gasteiger partial charge in [0, 0.05) is 35.8 Å². The number of piperidine rings is 2. The van der Waals surface area contributed by atoms with Gasteiger partial charge in [-0.05, 0) is 59.9 Å². The van der Waals surface area contributed by atoms with Crippen molar-refractivity contribution in [2.24, 2.45) is 0 Å². The molecule has 1 aromatic heterocycles. The van der Waals surface area contributed by atoms with Crippen LogP contribution < -0.4 is 16.0 Å². The van der Waals surface area contributed by atoms with E-state index in [0.717, 1.165) is 38.8 Å². The average Bonchev–Trinajstić information content (AvgIpc) is 2.51. The Morgan fingerprint density at radius 2 is 1.85 bits per heavy atom. The van der Waals surface area contributed by atoms with E-state index in [9.17, 15) is 8.42 Å². The van der Waals surface area contributed by atoms with Crippen LogP contribution >= 0.6 is 0 Å². The number of anilines is 1. The van der Waals surface area contributed by atoms with Crippen LogP contribution in [-0.4, -0.2) is 54.9 Å². The second kappa shape index (κ2) is 7.29. The van der Waals surface area contributed by atoms with Gasteiger partial charge in [-0.2, -0.15) is 0 Å². The fourth-order valence-electron chi connectivity index (χ4n) is 4.72. The van der Waals surface area contributed by atoms with E-state index >= 15 is 0 Å². The highest BCUT2D eigenvalue weighted by Crippen LogP contribution is 2.31. The first-order valence-electron chi connectivity index (χ1n) is 9.79. The highest BCUT2D eigenvalue weighted by atomic mass is 32.2. The van der Waals surface area contributed by atoms with Gasteiger partial charge in [-0.1, -0.05) is 0 Å². The van der Waals surface area contributed by atoms with Crippen LogP contribution in [0.1, 0.15) is 65.0 Å². The van der Waals surface area contributed by atoms with Crippen LogP contribution in [0.2, 0.25) is 0 Å². The molecule has 1 atom stereocenters. The van der Waals surface area contributed by atoms with Crippen molar-refractivity contribution in [1.29, 1.82) is 0 Å². The van der Waals surface area contributed by atoms with E-state index in [1.165, 1.54) is 12.5 Å². The smallest absolute Gasteiger partial charge is 0.223 e. The predicted molar refractivity (Wildman–Crippen MR) is 108 cm³/mol. The van der Waals surface area contributed by atoms with Gasteiger partial charge >= 0.3 is 0 Å². The van der Waals surface area contributed by atoms with E-state index in [1.54, 1.807) is 0 Å². The fraction of sp³-hybridized carbons (Fsp3) is 0.789. The predicted octanol–water partition coefficient (Wildman–Crippen LogP) is 2.07. The molecule has 8 heteroatoms. The van der Waals surface area contributed by atoms with Crippen LogP contribution in [-0.2, 0) is 9.84 Å². The van der Waals surface area contributed by atoms with Gasteiger partial charge in [-0.15, -0.1) is 0 Å². The Bertz CT molecular complexity index is 769. The lowest BCUT2D eigenvalue weighted by Crippen LogP contribution is -2.60. The lowest BCUT2D eigenvalue weighted by molar-refractivity contribution is 0.170. The lowest BCUT2D eigenvalue weighted by Gasteiger charge is -2.46. The summed E-state index contributed by atoms with van der Waals surface area (Å²) < 4.78 is 24.5. The minimum atomic E-state index is -3.36. The van der Waals surface area contributed by atoms with Crippen molar-refractivity contribution in [2.75, 3.05) is 24.7 Å². The largest absolute Gasteiger partial charge is 0.351 e. The van der Waals surface area contributed by atoms with Crippen LogP contribution in [0.5, 0.6) is 0 Å². The minimum absolute atomic E-state index is 0.0161. The molecule has 1 aromatic rings. The van der Waals surface area contributed by atoms with Crippen molar-refractivity contribution in [3.63, 3.8) is 0 Å². The van der Waals surface area contributed by atoms with E-state index in [-0.39, 0.29) is 27.9 Å². The third-order valence-corrected chi connectivity index (χ3v) is 6.50. The van der Waals surface area contributed by atoms with E-state index in [4.69, 9.17) is 4.98 Å². The number of hydrogen-bond acceptors (Lipinski definition) is 7. The topological polar surface area (TPSA) is 96.0 Å². The molecule has 152 valence electrons. The molecule has 0 aliphatic carbocycles. The first kappa shape index (κ1) is 20.5. The molecular formula is C19H33N5O2S. The van der Waals surface area contributed by atoms with Gasteiger partial charge in [0.2, 0.25) is 5.95 Å². The summed E-state index contributed by atoms with van der Waals surface area (Å²) in [7, 11) is -3.36. The number of nitrogens with one attached hydrogen (secondary N) is 3. The second-order valence-electron chi connectivity index (χ2n) is 9.40. The first-order chi connectivity index (χ1) is 12.5. The number of nitrogens with zero attached hydrogens (tertiary/aromatic N) is 2. The minimum Gasteiger partial charge on any atom is -0.351 e. The summed E-state index contributed by atoms with van der Waals surface area (Å²) in [5.41, 5.74) is 0.680. The van der Waals surface area contributed by atoms with Gasteiger partial charge in [-0.25, -0.2) is 18.4 Å². The molecule has 0 amide bonds. The average molecular weight is 396 g/mol. The molecule has 0 spiro atoms. The summed E-state index contributed by atoms with van der Waals surface area (Å²) in [5.74, 6) is 0.634. The van der Waals surface area contributed by atoms with Crippen LogP contribution in [0.3, 0.4) is 0 Å². The Morgan fingerprint density at radius 1 is 1.19 bits per heavy atom. The Labute approximate surface area is 163 Å². The maximum absolute atomic E-state index is 12.2. The summed E-state index contributed by atoms with van der Waals surface area (Å²) in [5, 5.41) is 10.5. The molecule has 2 aliphatic heterocycles. The quantitative estimate of drug-likeness (QED) is 0.718. The molecule has 2 fully saturated rings. The van der Waals surface area contributed by atoms with Gasteiger partial charge in [0.15, 0.2) is 9.84 Å². The normalized spacial score (nSPS) is 25.9. The van der Waals surface area contributed by atoms with Gasteiger partial charge in [0.05, 0.1) is 11.9 Å². The van der Waals surface area contributed by atoms with Gasteiger partial charge in [-0.3, -0.25) is 0 Å². The van der Waals surface area contributed by atoms with Crippen LogP contribution in [0.15, 0.2) is 11.1 Å². The van der Waals surface area contributed by atoms with Crippen molar-refractivity contribution in [1.82, 2.24) is 20.6 Å². The molecule has 2 aliphatic rings. The van der Waals surface area contributed by atoms with Crippen LogP contribution in [0.25, 0.3) is 0 Å². The molecule has 0 bridgehead atoms. The summed E-state index contributed by atoms with van der Waals surface area (Å²) >= 11 is 0. The standard InChI is InChI=1S/C19H33N5O2S/c1-18(2)9-14(10-19(3,4)24-18)22-17-21-12-15(27(5,25)26)16(23-17)13-7-6-8-20-11-13/h12-14,20,24H,6-11H2,1-5H3,(H,21,22,23). The van der Waals surface area contributed by atoms with Crippen molar-refractivity contribution in [2.45, 2.75) is 81.3 Å². The van der Waals surface area contributed by atoms with E-state index in [0.29, 0.717) is 11.6 Å². The third kappa shape index (κ3) is 5.18.